The van der Waals surface area contributed by atoms with Gasteiger partial charge in [0.25, 0.3) is 0 Å². The standard InChI is InChI=1S/C15H20ClNO5S/c1-15(11-16)9-14(17-22-15)23(18,19)10-12-5-3-4-6-13(12)21-8-7-20-2/h3-6H,7-11H2,1-2H3. The molecule has 0 amide bonds. The lowest BCUT2D eigenvalue weighted by Gasteiger charge is -2.16. The molecule has 1 atom stereocenters. The van der Waals surface area contributed by atoms with Gasteiger partial charge >= 0.3 is 0 Å². The third kappa shape index (κ3) is 4.59. The van der Waals surface area contributed by atoms with Crippen molar-refractivity contribution in [3.63, 3.8) is 0 Å². The Morgan fingerprint density at radius 1 is 1.35 bits per heavy atom. The minimum absolute atomic E-state index is 0.0207. The molecule has 0 N–H and O–H groups in total. The molecule has 0 aliphatic carbocycles. The van der Waals surface area contributed by atoms with Crippen molar-refractivity contribution in [1.82, 2.24) is 0 Å². The Bertz CT molecular complexity index is 676. The highest BCUT2D eigenvalue weighted by Gasteiger charge is 2.39. The second kappa shape index (κ2) is 7.51. The van der Waals surface area contributed by atoms with Crippen molar-refractivity contribution in [2.75, 3.05) is 26.2 Å². The number of oxime groups is 1. The number of nitrogens with zero attached hydrogens (tertiary/aromatic N) is 1. The van der Waals surface area contributed by atoms with Gasteiger partial charge in [-0.2, -0.15) is 0 Å². The summed E-state index contributed by atoms with van der Waals surface area (Å²) in [5.74, 6) is 0.496. The SMILES string of the molecule is COCCOc1ccccc1CS(=O)(=O)C1=NOC(C)(CCl)C1. The molecule has 2 rings (SSSR count). The topological polar surface area (TPSA) is 74.2 Å². The molecule has 0 aromatic heterocycles. The summed E-state index contributed by atoms with van der Waals surface area (Å²) in [6.45, 7) is 2.51. The molecule has 0 saturated carbocycles. The van der Waals surface area contributed by atoms with E-state index in [0.717, 1.165) is 0 Å². The smallest absolute Gasteiger partial charge is 0.199 e. The first-order valence-electron chi connectivity index (χ1n) is 7.13. The Kier molecular flexibility index (Phi) is 5.89. The fourth-order valence-corrected chi connectivity index (χ4v) is 3.70. The molecule has 0 spiro atoms. The average molecular weight is 362 g/mol. The second-order valence-corrected chi connectivity index (χ2v) is 7.80. The van der Waals surface area contributed by atoms with Crippen LogP contribution in [0.1, 0.15) is 18.9 Å². The highest BCUT2D eigenvalue weighted by Crippen LogP contribution is 2.29. The van der Waals surface area contributed by atoms with Crippen LogP contribution in [-0.4, -0.2) is 45.3 Å². The molecule has 0 bridgehead atoms. The average Bonchev–Trinajstić information content (AvgIpc) is 2.93. The predicted molar refractivity (Wildman–Crippen MR) is 88.7 cm³/mol. The molecule has 1 unspecified atom stereocenters. The van der Waals surface area contributed by atoms with Gasteiger partial charge in [-0.05, 0) is 13.0 Å². The van der Waals surface area contributed by atoms with Gasteiger partial charge in [0, 0.05) is 19.1 Å². The van der Waals surface area contributed by atoms with Crippen LogP contribution in [0.3, 0.4) is 0 Å². The van der Waals surface area contributed by atoms with Crippen LogP contribution in [0.15, 0.2) is 29.4 Å². The van der Waals surface area contributed by atoms with Gasteiger partial charge in [0.1, 0.15) is 12.4 Å². The Balaban J connectivity index is 2.12. The van der Waals surface area contributed by atoms with Crippen LogP contribution in [0.25, 0.3) is 0 Å². The Labute approximate surface area is 141 Å². The van der Waals surface area contributed by atoms with E-state index in [9.17, 15) is 8.42 Å². The number of hydrogen-bond acceptors (Lipinski definition) is 6. The number of hydrogen-bond donors (Lipinski definition) is 0. The Morgan fingerprint density at radius 2 is 2.09 bits per heavy atom. The van der Waals surface area contributed by atoms with Crippen molar-refractivity contribution in [1.29, 1.82) is 0 Å². The summed E-state index contributed by atoms with van der Waals surface area (Å²) < 4.78 is 35.6. The van der Waals surface area contributed by atoms with Crippen LogP contribution in [0.4, 0.5) is 0 Å². The first-order valence-corrected chi connectivity index (χ1v) is 9.32. The second-order valence-electron chi connectivity index (χ2n) is 5.54. The minimum atomic E-state index is -3.59. The van der Waals surface area contributed by atoms with Crippen LogP contribution in [0.5, 0.6) is 5.75 Å². The summed E-state index contributed by atoms with van der Waals surface area (Å²) in [5, 5.41) is 3.74. The summed E-state index contributed by atoms with van der Waals surface area (Å²) in [6.07, 6.45) is 0.172. The van der Waals surface area contributed by atoms with Gasteiger partial charge in [0.15, 0.2) is 20.5 Å². The van der Waals surface area contributed by atoms with E-state index in [0.29, 0.717) is 24.5 Å². The molecule has 1 aromatic carbocycles. The third-order valence-electron chi connectivity index (χ3n) is 3.40. The van der Waals surface area contributed by atoms with Gasteiger partial charge in [-0.15, -0.1) is 11.6 Å². The molecule has 1 aromatic rings. The molecule has 1 aliphatic heterocycles. The first kappa shape index (κ1) is 18.0. The van der Waals surface area contributed by atoms with E-state index in [1.807, 2.05) is 0 Å². The minimum Gasteiger partial charge on any atom is -0.491 e. The van der Waals surface area contributed by atoms with Gasteiger partial charge in [-0.3, -0.25) is 0 Å². The molecule has 8 heteroatoms. The number of sulfone groups is 1. The van der Waals surface area contributed by atoms with Crippen molar-refractivity contribution in [3.8, 4) is 5.75 Å². The molecule has 0 fully saturated rings. The molecule has 1 heterocycles. The molecule has 0 radical (unpaired) electrons. The molecule has 128 valence electrons. The van der Waals surface area contributed by atoms with E-state index in [2.05, 4.69) is 5.16 Å². The summed E-state index contributed by atoms with van der Waals surface area (Å²) in [5.41, 5.74) is -0.191. The number of para-hydroxylation sites is 1. The maximum Gasteiger partial charge on any atom is 0.199 e. The number of benzene rings is 1. The van der Waals surface area contributed by atoms with Crippen LogP contribution < -0.4 is 4.74 Å². The van der Waals surface area contributed by atoms with Crippen LogP contribution in [-0.2, 0) is 25.2 Å². The van der Waals surface area contributed by atoms with Crippen LogP contribution >= 0.6 is 11.6 Å². The number of ether oxygens (including phenoxy) is 2. The molecule has 23 heavy (non-hydrogen) atoms. The summed E-state index contributed by atoms with van der Waals surface area (Å²) in [6, 6.07) is 7.01. The fourth-order valence-electron chi connectivity index (χ4n) is 2.07. The lowest BCUT2D eigenvalue weighted by atomic mass is 10.1. The zero-order valence-corrected chi connectivity index (χ0v) is 14.7. The largest absolute Gasteiger partial charge is 0.491 e. The van der Waals surface area contributed by atoms with E-state index in [-0.39, 0.29) is 23.1 Å². The molecule has 0 saturated heterocycles. The highest BCUT2D eigenvalue weighted by molar-refractivity contribution is 8.05. The number of methoxy groups -OCH3 is 1. The molecular weight excluding hydrogens is 342 g/mol. The fraction of sp³-hybridized carbons (Fsp3) is 0.533. The van der Waals surface area contributed by atoms with E-state index < -0.39 is 15.4 Å². The first-order chi connectivity index (χ1) is 10.9. The maximum absolute atomic E-state index is 12.6. The van der Waals surface area contributed by atoms with E-state index in [4.69, 9.17) is 25.9 Å². The zero-order valence-electron chi connectivity index (χ0n) is 13.1. The molecule has 1 aliphatic rings. The van der Waals surface area contributed by atoms with Crippen molar-refractivity contribution < 1.29 is 22.7 Å². The van der Waals surface area contributed by atoms with Crippen molar-refractivity contribution in [3.05, 3.63) is 29.8 Å². The molecule has 6 nitrogen and oxygen atoms in total. The van der Waals surface area contributed by atoms with Gasteiger partial charge < -0.3 is 14.3 Å². The van der Waals surface area contributed by atoms with Gasteiger partial charge in [0.05, 0.1) is 18.2 Å². The summed E-state index contributed by atoms with van der Waals surface area (Å²) in [4.78, 5) is 5.17. The summed E-state index contributed by atoms with van der Waals surface area (Å²) >= 11 is 5.80. The van der Waals surface area contributed by atoms with Crippen molar-refractivity contribution >= 4 is 26.5 Å². The van der Waals surface area contributed by atoms with Crippen molar-refractivity contribution in [2.24, 2.45) is 5.16 Å². The third-order valence-corrected chi connectivity index (χ3v) is 5.59. The lowest BCUT2D eigenvalue weighted by molar-refractivity contribution is 0.0152. The van der Waals surface area contributed by atoms with Crippen LogP contribution in [0, 0.1) is 0 Å². The van der Waals surface area contributed by atoms with Crippen LogP contribution in [0.2, 0.25) is 0 Å². The van der Waals surface area contributed by atoms with E-state index >= 15 is 0 Å². The zero-order chi connectivity index (χ0) is 16.9. The normalized spacial score (nSPS) is 20.9. The van der Waals surface area contributed by atoms with Gasteiger partial charge in [0.2, 0.25) is 0 Å². The quantitative estimate of drug-likeness (QED) is 0.550. The van der Waals surface area contributed by atoms with Crippen molar-refractivity contribution in [2.45, 2.75) is 24.7 Å². The van der Waals surface area contributed by atoms with Gasteiger partial charge in [-0.25, -0.2) is 8.42 Å². The number of halogens is 1. The summed E-state index contributed by atoms with van der Waals surface area (Å²) in [7, 11) is -2.02. The van der Waals surface area contributed by atoms with Gasteiger partial charge in [-0.1, -0.05) is 23.4 Å². The van der Waals surface area contributed by atoms with E-state index in [1.54, 1.807) is 38.3 Å². The highest BCUT2D eigenvalue weighted by atomic mass is 35.5. The number of rotatable bonds is 7. The Morgan fingerprint density at radius 3 is 2.74 bits per heavy atom. The maximum atomic E-state index is 12.6. The number of alkyl halides is 1. The van der Waals surface area contributed by atoms with E-state index in [1.165, 1.54) is 0 Å². The molecular formula is C15H20ClNO5S. The Hall–Kier alpha value is -1.31. The monoisotopic (exact) mass is 361 g/mol. The predicted octanol–water partition coefficient (Wildman–Crippen LogP) is 2.36. The lowest BCUT2D eigenvalue weighted by Crippen LogP contribution is -2.28.